The second-order valence-electron chi connectivity index (χ2n) is 6.99. The number of rotatable bonds is 7. The molecule has 1 heterocycles. The number of aryl methyl sites for hydroxylation is 1. The Morgan fingerprint density at radius 3 is 1.97 bits per heavy atom. The van der Waals surface area contributed by atoms with Gasteiger partial charge in [0, 0.05) is 22.9 Å². The molecule has 1 aromatic heterocycles. The first-order chi connectivity index (χ1) is 15.9. The van der Waals surface area contributed by atoms with E-state index in [1.54, 1.807) is 0 Å². The average Bonchev–Trinajstić information content (AvgIpc) is 3.11. The number of esters is 2. The van der Waals surface area contributed by atoms with Crippen LogP contribution in [0.1, 0.15) is 23.1 Å². The van der Waals surface area contributed by atoms with E-state index in [0.29, 0.717) is 6.08 Å². The summed E-state index contributed by atoms with van der Waals surface area (Å²) in [4.78, 5) is 22.5. The van der Waals surface area contributed by atoms with Gasteiger partial charge in [-0.3, -0.25) is 0 Å². The second-order valence-corrected chi connectivity index (χ2v) is 6.99. The molecule has 11 heteroatoms. The van der Waals surface area contributed by atoms with Crippen molar-refractivity contribution in [1.82, 2.24) is 0 Å². The molecule has 0 saturated carbocycles. The first kappa shape index (κ1) is 24.9. The highest BCUT2D eigenvalue weighted by molar-refractivity contribution is 6.08. The quantitative estimate of drug-likeness (QED) is 0.128. The van der Waals surface area contributed by atoms with Gasteiger partial charge in [-0.05, 0) is 30.5 Å². The highest BCUT2D eigenvalue weighted by Gasteiger charge is 2.41. The number of carbonyl (C=O) groups excluding carboxylic acids is 2. The predicted molar refractivity (Wildman–Crippen MR) is 109 cm³/mol. The molecule has 0 amide bonds. The molecule has 0 aliphatic heterocycles. The lowest BCUT2D eigenvalue weighted by Gasteiger charge is -2.13. The molecule has 0 N–H and O–H groups in total. The van der Waals surface area contributed by atoms with Gasteiger partial charge in [0.1, 0.15) is 22.5 Å². The van der Waals surface area contributed by atoms with Crippen LogP contribution < -0.4 is 4.74 Å². The van der Waals surface area contributed by atoms with Gasteiger partial charge in [-0.15, -0.1) is 0 Å². The fourth-order valence-corrected chi connectivity index (χ4v) is 3.44. The van der Waals surface area contributed by atoms with Gasteiger partial charge in [0.05, 0.1) is 6.61 Å². The van der Waals surface area contributed by atoms with E-state index in [4.69, 9.17) is 9.15 Å². The number of alkyl halides is 6. The Balaban J connectivity index is 2.20. The lowest BCUT2D eigenvalue weighted by Crippen LogP contribution is -2.12. The van der Waals surface area contributed by atoms with Crippen LogP contribution in [-0.4, -0.2) is 18.5 Å². The molecule has 5 nitrogen and oxygen atoms in total. The average molecular weight is 486 g/mol. The molecule has 0 radical (unpaired) electrons. The van der Waals surface area contributed by atoms with Crippen LogP contribution in [0.5, 0.6) is 5.75 Å². The summed E-state index contributed by atoms with van der Waals surface area (Å²) in [7, 11) is 0. The maximum absolute atomic E-state index is 14.0. The van der Waals surface area contributed by atoms with E-state index in [9.17, 15) is 35.9 Å². The van der Waals surface area contributed by atoms with E-state index in [1.165, 1.54) is 6.07 Å². The maximum Gasteiger partial charge on any atom is 0.423 e. The van der Waals surface area contributed by atoms with E-state index in [-0.39, 0.29) is 35.8 Å². The molecule has 0 aliphatic rings. The summed E-state index contributed by atoms with van der Waals surface area (Å²) in [5, 5.41) is -0.436. The molecule has 3 aromatic rings. The number of ether oxygens (including phenoxy) is 2. The zero-order valence-electron chi connectivity index (χ0n) is 17.3. The maximum atomic E-state index is 14.0. The smallest absolute Gasteiger partial charge is 0.423 e. The van der Waals surface area contributed by atoms with Crippen molar-refractivity contribution in [1.29, 1.82) is 0 Å². The van der Waals surface area contributed by atoms with Gasteiger partial charge in [0.2, 0.25) is 0 Å². The minimum absolute atomic E-state index is 0.0177. The number of halogens is 6. The van der Waals surface area contributed by atoms with Gasteiger partial charge in [0.15, 0.2) is 5.58 Å². The summed E-state index contributed by atoms with van der Waals surface area (Å²) < 4.78 is 97.9. The summed E-state index contributed by atoms with van der Waals surface area (Å²) in [5.41, 5.74) is -4.71. The van der Waals surface area contributed by atoms with Gasteiger partial charge in [-0.2, -0.15) is 26.3 Å². The van der Waals surface area contributed by atoms with Gasteiger partial charge in [-0.25, -0.2) is 9.59 Å². The molecular weight excluding hydrogens is 470 g/mol. The zero-order valence-corrected chi connectivity index (χ0v) is 17.3. The summed E-state index contributed by atoms with van der Waals surface area (Å²) in [6, 6.07) is 4.26. The van der Waals surface area contributed by atoms with Crippen molar-refractivity contribution >= 4 is 33.9 Å². The molecule has 0 unspecified atom stereocenters. The normalized spacial score (nSPS) is 12.1. The molecule has 0 saturated heterocycles. The third-order valence-electron chi connectivity index (χ3n) is 4.80. The van der Waals surface area contributed by atoms with E-state index in [2.05, 4.69) is 17.9 Å². The van der Waals surface area contributed by atoms with E-state index >= 15 is 0 Å². The van der Waals surface area contributed by atoms with E-state index in [1.807, 2.05) is 0 Å². The monoisotopic (exact) mass is 486 g/mol. The largest absolute Gasteiger partial charge is 0.463 e. The predicted octanol–water partition coefficient (Wildman–Crippen LogP) is 6.38. The van der Waals surface area contributed by atoms with Crippen LogP contribution in [0.4, 0.5) is 26.3 Å². The van der Waals surface area contributed by atoms with Crippen LogP contribution in [0.15, 0.2) is 54.0 Å². The fourth-order valence-electron chi connectivity index (χ4n) is 3.44. The van der Waals surface area contributed by atoms with Crippen LogP contribution in [0.2, 0.25) is 0 Å². The first-order valence-electron chi connectivity index (χ1n) is 9.67. The molecule has 2 aromatic carbocycles. The third-order valence-corrected chi connectivity index (χ3v) is 4.80. The van der Waals surface area contributed by atoms with Gasteiger partial charge in [-0.1, -0.05) is 25.3 Å². The minimum atomic E-state index is -5.11. The number of fused-ring (bicyclic) bond motifs is 3. The van der Waals surface area contributed by atoms with E-state index < -0.39 is 52.3 Å². The molecule has 180 valence electrons. The number of benzene rings is 2. The Hall–Kier alpha value is -3.76. The number of hydrogen-bond acceptors (Lipinski definition) is 5. The molecule has 34 heavy (non-hydrogen) atoms. The fraction of sp³-hybridized carbons (Fsp3) is 0.217. The highest BCUT2D eigenvalue weighted by atomic mass is 19.4. The van der Waals surface area contributed by atoms with Gasteiger partial charge >= 0.3 is 24.3 Å². The van der Waals surface area contributed by atoms with Gasteiger partial charge in [0.25, 0.3) is 0 Å². The van der Waals surface area contributed by atoms with Crippen LogP contribution in [0.3, 0.4) is 0 Å². The number of hydrogen-bond donors (Lipinski definition) is 0. The number of carbonyl (C=O) groups is 2. The molecule has 3 rings (SSSR count). The van der Waals surface area contributed by atoms with Crippen LogP contribution in [0, 0.1) is 0 Å². The van der Waals surface area contributed by atoms with Crippen molar-refractivity contribution in [2.75, 3.05) is 6.61 Å². The van der Waals surface area contributed by atoms with Crippen LogP contribution in [-0.2, 0) is 33.1 Å². The summed E-state index contributed by atoms with van der Waals surface area (Å²) in [5.74, 6) is -2.85. The third kappa shape index (κ3) is 4.92. The van der Waals surface area contributed by atoms with Crippen molar-refractivity contribution in [2.24, 2.45) is 0 Å². The van der Waals surface area contributed by atoms with Crippen molar-refractivity contribution in [3.63, 3.8) is 0 Å². The Bertz CT molecular complexity index is 1280. The van der Waals surface area contributed by atoms with Crippen molar-refractivity contribution in [2.45, 2.75) is 25.2 Å². The van der Waals surface area contributed by atoms with Crippen molar-refractivity contribution in [3.8, 4) is 5.75 Å². The highest BCUT2D eigenvalue weighted by Crippen LogP contribution is 2.47. The van der Waals surface area contributed by atoms with Gasteiger partial charge < -0.3 is 13.9 Å². The molecule has 0 atom stereocenters. The number of furan rings is 1. The Morgan fingerprint density at radius 1 is 0.853 bits per heavy atom. The Morgan fingerprint density at radius 2 is 1.41 bits per heavy atom. The van der Waals surface area contributed by atoms with Crippen LogP contribution in [0.25, 0.3) is 21.9 Å². The molecule has 0 aliphatic carbocycles. The molecule has 0 bridgehead atoms. The summed E-state index contributed by atoms with van der Waals surface area (Å²) >= 11 is 0. The molecular formula is C23H16F6O5. The summed E-state index contributed by atoms with van der Waals surface area (Å²) in [6.45, 7) is 6.12. The summed E-state index contributed by atoms with van der Waals surface area (Å²) in [6.07, 6.45) is -8.70. The van der Waals surface area contributed by atoms with E-state index in [0.717, 1.165) is 24.3 Å². The minimum Gasteiger partial charge on any atom is -0.463 e. The second kappa shape index (κ2) is 9.24. The first-order valence-corrected chi connectivity index (χ1v) is 9.67. The van der Waals surface area contributed by atoms with Crippen molar-refractivity contribution < 1.29 is 49.8 Å². The van der Waals surface area contributed by atoms with Crippen LogP contribution >= 0.6 is 0 Å². The molecule has 0 fully saturated rings. The van der Waals surface area contributed by atoms with Crippen molar-refractivity contribution in [3.05, 3.63) is 66.3 Å². The Kier molecular flexibility index (Phi) is 6.76. The lowest BCUT2D eigenvalue weighted by molar-refractivity contribution is -0.140. The lowest BCUT2D eigenvalue weighted by atomic mass is 9.98. The SMILES string of the molecule is C=CC(=O)OCCCc1ccc2c(oc3c(C(F)(F)F)c(OC(=O)C=C)ccc32)c1C(F)(F)F. The zero-order chi connectivity index (χ0) is 25.3. The topological polar surface area (TPSA) is 65.7 Å². The Labute approximate surface area is 188 Å². The standard InChI is InChI=1S/C23H16F6O5/c1-3-16(30)32-11-5-6-12-7-8-13-14-9-10-15(33-17(31)4-2)19(23(27,28)29)21(14)34-20(13)18(12)22(24,25)26/h3-4,7-10H,1-2,5-6,11H2. The molecule has 0 spiro atoms.